The highest BCUT2D eigenvalue weighted by molar-refractivity contribution is 7.85. The van der Waals surface area contributed by atoms with E-state index in [9.17, 15) is 32.4 Å². The zero-order valence-electron chi connectivity index (χ0n) is 27.6. The number of carbonyl (C=O) groups excluding carboxylic acids is 5. The lowest BCUT2D eigenvalue weighted by Gasteiger charge is -2.34. The minimum Gasteiger partial charge on any atom is -0.338 e. The molecule has 0 fully saturated rings. The summed E-state index contributed by atoms with van der Waals surface area (Å²) in [5.74, 6) is -3.50. The van der Waals surface area contributed by atoms with Crippen LogP contribution in [0.2, 0.25) is 0 Å². The van der Waals surface area contributed by atoms with Crippen LogP contribution >= 0.6 is 0 Å². The Balaban J connectivity index is 1.68. The van der Waals surface area contributed by atoms with E-state index in [1.54, 1.807) is 100 Å². The molecular weight excluding hydrogens is 665 g/mol. The first-order valence-electron chi connectivity index (χ1n) is 15.5. The van der Waals surface area contributed by atoms with Gasteiger partial charge in [0, 0.05) is 44.6 Å². The minimum absolute atomic E-state index is 0.00271. The molecule has 252 valence electrons. The largest absolute Gasteiger partial charge is 0.338 e. The maximum atomic E-state index is 14.4. The van der Waals surface area contributed by atoms with Crippen LogP contribution in [0.3, 0.4) is 0 Å². The molecule has 0 radical (unpaired) electrons. The predicted octanol–water partition coefficient (Wildman–Crippen LogP) is 4.05. The van der Waals surface area contributed by atoms with Gasteiger partial charge in [0.2, 0.25) is 5.91 Å². The van der Waals surface area contributed by atoms with E-state index >= 15 is 0 Å². The number of hydrogen-bond acceptors (Lipinski definition) is 8. The van der Waals surface area contributed by atoms with Crippen molar-refractivity contribution in [3.8, 4) is 0 Å². The van der Waals surface area contributed by atoms with Gasteiger partial charge in [0.1, 0.15) is 6.67 Å². The summed E-state index contributed by atoms with van der Waals surface area (Å²) < 4.78 is 28.5. The average molecular weight is 699 g/mol. The van der Waals surface area contributed by atoms with Crippen LogP contribution in [-0.4, -0.2) is 86.5 Å². The zero-order chi connectivity index (χ0) is 35.4. The van der Waals surface area contributed by atoms with Gasteiger partial charge < -0.3 is 10.2 Å². The minimum atomic E-state index is -2.02. The third kappa shape index (κ3) is 5.91. The first-order chi connectivity index (χ1) is 23.2. The van der Waals surface area contributed by atoms with E-state index in [1.807, 2.05) is 0 Å². The number of carbonyl (C=O) groups is 5. The summed E-state index contributed by atoms with van der Waals surface area (Å²) >= 11 is 0. The molecule has 4 aromatic rings. The van der Waals surface area contributed by atoms with Crippen molar-refractivity contribution >= 4 is 61.9 Å². The van der Waals surface area contributed by atoms with Gasteiger partial charge in [-0.2, -0.15) is 0 Å². The number of nitrogens with zero attached hydrogens (tertiary/aromatic N) is 3. The Labute approximate surface area is 288 Å². The summed E-state index contributed by atoms with van der Waals surface area (Å²) in [5, 5.41) is 2.64. The quantitative estimate of drug-likeness (QED) is 0.258. The predicted molar refractivity (Wildman–Crippen MR) is 183 cm³/mol. The fourth-order valence-electron chi connectivity index (χ4n) is 5.79. The summed E-state index contributed by atoms with van der Waals surface area (Å²) in [5.41, 5.74) is -1.17. The standard InChI is InChI=1S/C36H34N4O7S2/c1-36(2,3)35(45)37-20-40-32(42)24-19-25(48(46)21-12-8-6-9-13-21)29-27-23(31(41)39(33(29)43)17-16-38(4)5)18-26(30(28(24)27)34(40)44)49(47)22-14-10-7-11-15-22/h6-15,18-19H,16-17,20H2,1-5H3,(H,37,45). The molecule has 0 aromatic heterocycles. The summed E-state index contributed by atoms with van der Waals surface area (Å²) in [6.07, 6.45) is 0. The SMILES string of the molecule is CN(C)CCN1C(=O)c2cc(S(=O)c3ccccc3)c3c4c(cc(S(=O)c5ccccc5)c(c24)C1=O)C(=O)N(CNC(=O)C(C)(C)C)C3=O. The molecule has 6 rings (SSSR count). The van der Waals surface area contributed by atoms with E-state index in [2.05, 4.69) is 5.32 Å². The van der Waals surface area contributed by atoms with E-state index in [1.165, 1.54) is 12.1 Å². The number of amides is 5. The Bertz CT molecular complexity index is 2130. The second-order valence-corrected chi connectivity index (χ2v) is 15.9. The van der Waals surface area contributed by atoms with Crippen LogP contribution in [0.4, 0.5) is 0 Å². The van der Waals surface area contributed by atoms with E-state index in [-0.39, 0.29) is 49.4 Å². The Kier molecular flexibility index (Phi) is 8.94. The van der Waals surface area contributed by atoms with Crippen molar-refractivity contribution < 1.29 is 32.4 Å². The van der Waals surface area contributed by atoms with Crippen LogP contribution in [0.5, 0.6) is 0 Å². The highest BCUT2D eigenvalue weighted by Crippen LogP contribution is 2.44. The molecule has 2 aliphatic heterocycles. The van der Waals surface area contributed by atoms with Gasteiger partial charge in [0.05, 0.1) is 48.1 Å². The Morgan fingerprint density at radius 1 is 0.694 bits per heavy atom. The van der Waals surface area contributed by atoms with Crippen LogP contribution in [0, 0.1) is 5.41 Å². The molecule has 2 heterocycles. The van der Waals surface area contributed by atoms with E-state index < -0.39 is 63.2 Å². The number of hydrogen-bond donors (Lipinski definition) is 1. The van der Waals surface area contributed by atoms with Crippen LogP contribution in [0.1, 0.15) is 62.2 Å². The summed E-state index contributed by atoms with van der Waals surface area (Å²) in [7, 11) is -0.428. The van der Waals surface area contributed by atoms with Gasteiger partial charge in [-0.1, -0.05) is 57.2 Å². The second kappa shape index (κ2) is 12.9. The molecule has 13 heteroatoms. The Morgan fingerprint density at radius 3 is 1.55 bits per heavy atom. The molecule has 0 bridgehead atoms. The molecule has 2 aliphatic rings. The van der Waals surface area contributed by atoms with Gasteiger partial charge in [-0.3, -0.25) is 33.8 Å². The van der Waals surface area contributed by atoms with Crippen molar-refractivity contribution in [2.45, 2.75) is 40.4 Å². The van der Waals surface area contributed by atoms with E-state index in [4.69, 9.17) is 0 Å². The molecule has 2 atom stereocenters. The van der Waals surface area contributed by atoms with Crippen molar-refractivity contribution in [2.75, 3.05) is 33.9 Å². The van der Waals surface area contributed by atoms with Gasteiger partial charge in [-0.25, -0.2) is 8.42 Å². The summed E-state index contributed by atoms with van der Waals surface area (Å²) in [6, 6.07) is 19.4. The normalized spacial score (nSPS) is 15.6. The highest BCUT2D eigenvalue weighted by Gasteiger charge is 2.44. The molecule has 1 N–H and O–H groups in total. The fourth-order valence-corrected chi connectivity index (χ4v) is 8.31. The smallest absolute Gasteiger partial charge is 0.264 e. The topological polar surface area (TPSA) is 141 Å². The van der Waals surface area contributed by atoms with Crippen LogP contribution in [0.15, 0.2) is 92.4 Å². The first kappa shape index (κ1) is 34.0. The number of likely N-dealkylation sites (N-methyl/N-ethyl adjacent to an activating group) is 1. The Hall–Kier alpha value is -4.85. The van der Waals surface area contributed by atoms with Crippen molar-refractivity contribution in [2.24, 2.45) is 5.41 Å². The van der Waals surface area contributed by atoms with Crippen molar-refractivity contribution in [1.29, 1.82) is 0 Å². The summed E-state index contributed by atoms with van der Waals surface area (Å²) in [4.78, 5) is 74.3. The number of imide groups is 2. The molecule has 5 amide bonds. The summed E-state index contributed by atoms with van der Waals surface area (Å²) in [6.45, 7) is 4.88. The maximum absolute atomic E-state index is 14.4. The lowest BCUT2D eigenvalue weighted by Crippen LogP contribution is -2.50. The molecule has 0 aliphatic carbocycles. The number of rotatable bonds is 9. The van der Waals surface area contributed by atoms with Gasteiger partial charge in [0.25, 0.3) is 23.6 Å². The van der Waals surface area contributed by atoms with Crippen molar-refractivity contribution in [3.05, 3.63) is 95.1 Å². The number of benzene rings is 4. The van der Waals surface area contributed by atoms with Gasteiger partial charge in [0.15, 0.2) is 0 Å². The average Bonchev–Trinajstić information content (AvgIpc) is 3.08. The molecule has 49 heavy (non-hydrogen) atoms. The van der Waals surface area contributed by atoms with Crippen molar-refractivity contribution in [1.82, 2.24) is 20.0 Å². The van der Waals surface area contributed by atoms with Gasteiger partial charge >= 0.3 is 0 Å². The molecule has 4 aromatic carbocycles. The Morgan fingerprint density at radius 2 is 1.12 bits per heavy atom. The molecule has 0 spiro atoms. The molecule has 0 saturated carbocycles. The zero-order valence-corrected chi connectivity index (χ0v) is 29.2. The number of nitrogens with one attached hydrogen (secondary N) is 1. The highest BCUT2D eigenvalue weighted by atomic mass is 32.2. The maximum Gasteiger partial charge on any atom is 0.264 e. The van der Waals surface area contributed by atoms with Crippen LogP contribution in [0.25, 0.3) is 10.8 Å². The molecular formula is C36H34N4O7S2. The van der Waals surface area contributed by atoms with Crippen LogP contribution in [-0.2, 0) is 26.4 Å². The lowest BCUT2D eigenvalue weighted by atomic mass is 9.85. The molecule has 11 nitrogen and oxygen atoms in total. The van der Waals surface area contributed by atoms with E-state index in [0.29, 0.717) is 16.3 Å². The second-order valence-electron chi connectivity index (χ2n) is 13.0. The van der Waals surface area contributed by atoms with Gasteiger partial charge in [-0.15, -0.1) is 0 Å². The lowest BCUT2D eigenvalue weighted by molar-refractivity contribution is -0.128. The van der Waals surface area contributed by atoms with Gasteiger partial charge in [-0.05, 0) is 50.5 Å². The molecule has 2 unspecified atom stereocenters. The van der Waals surface area contributed by atoms with E-state index in [0.717, 1.165) is 9.80 Å². The fraction of sp³-hybridized carbons (Fsp3) is 0.250. The first-order valence-corrected chi connectivity index (χ1v) is 17.8. The third-order valence-corrected chi connectivity index (χ3v) is 11.2. The monoisotopic (exact) mass is 698 g/mol. The van der Waals surface area contributed by atoms with Crippen molar-refractivity contribution in [3.63, 3.8) is 0 Å². The third-order valence-electron chi connectivity index (χ3n) is 8.37. The molecule has 0 saturated heterocycles. The van der Waals surface area contributed by atoms with Crippen LogP contribution < -0.4 is 5.32 Å².